The van der Waals surface area contributed by atoms with Gasteiger partial charge in [-0.1, -0.05) is 0 Å². The van der Waals surface area contributed by atoms with Crippen LogP contribution < -0.4 is 24.7 Å². The van der Waals surface area contributed by atoms with E-state index < -0.39 is 22.8 Å². The Morgan fingerprint density at radius 2 is 1.81 bits per heavy atom. The molecular formula is C19H19F3N4O5S. The Hall–Kier alpha value is -3.32. The molecule has 1 aromatic heterocycles. The number of hydrogen-bond acceptors (Lipinski definition) is 8. The number of alkyl halides is 3. The van der Waals surface area contributed by atoms with Crippen LogP contribution in [0, 0.1) is 0 Å². The molecule has 0 fully saturated rings. The van der Waals surface area contributed by atoms with Gasteiger partial charge in [-0.3, -0.25) is 0 Å². The zero-order chi connectivity index (χ0) is 23.5. The molecule has 0 spiro atoms. The van der Waals surface area contributed by atoms with Gasteiger partial charge in [-0.2, -0.15) is 13.2 Å². The number of rotatable bonds is 8. The number of aromatic nitrogens is 2. The van der Waals surface area contributed by atoms with Gasteiger partial charge in [0.15, 0.2) is 6.61 Å². The largest absolute Gasteiger partial charge is 0.497 e. The van der Waals surface area contributed by atoms with Crippen molar-refractivity contribution in [1.82, 2.24) is 9.97 Å². The summed E-state index contributed by atoms with van der Waals surface area (Å²) in [5, 5.41) is 8.61. The summed E-state index contributed by atoms with van der Waals surface area (Å²) in [6.07, 6.45) is -3.29. The van der Waals surface area contributed by atoms with Gasteiger partial charge in [0.1, 0.15) is 29.4 Å². The smallest absolute Gasteiger partial charge is 0.422 e. The average molecular weight is 472 g/mol. The highest BCUT2D eigenvalue weighted by atomic mass is 32.2. The summed E-state index contributed by atoms with van der Waals surface area (Å²) in [6, 6.07) is 6.60. The summed E-state index contributed by atoms with van der Waals surface area (Å²) in [6.45, 7) is -1.67. The Balaban J connectivity index is 1.99. The standard InChI is InChI=1S/C19H19F3N4O5S/c1-29-12-6-14-17(16(7-12)30-2)18(26-10-25-14)24-8-11-5-13(32(23,27)28)3-4-15(11)31-9-19(20,21)22/h3-7,10H,8-9H2,1-2H3,(H2,23,27,28)(H,24,25,26). The second-order valence-corrected chi connectivity index (χ2v) is 8.08. The van der Waals surface area contributed by atoms with Crippen LogP contribution in [0.3, 0.4) is 0 Å². The van der Waals surface area contributed by atoms with Crippen LogP contribution in [0.4, 0.5) is 19.0 Å². The number of nitrogens with zero attached hydrogens (tertiary/aromatic N) is 2. The second-order valence-electron chi connectivity index (χ2n) is 6.52. The molecule has 0 amide bonds. The Kier molecular flexibility index (Phi) is 6.60. The van der Waals surface area contributed by atoms with E-state index in [1.165, 1.54) is 20.5 Å². The molecule has 0 bridgehead atoms. The number of benzene rings is 2. The highest BCUT2D eigenvalue weighted by molar-refractivity contribution is 7.89. The van der Waals surface area contributed by atoms with Crippen molar-refractivity contribution >= 4 is 26.7 Å². The van der Waals surface area contributed by atoms with Crippen molar-refractivity contribution in [2.24, 2.45) is 5.14 Å². The van der Waals surface area contributed by atoms with Crippen LogP contribution in [0.5, 0.6) is 17.2 Å². The maximum absolute atomic E-state index is 12.6. The number of nitrogens with one attached hydrogen (secondary N) is 1. The average Bonchev–Trinajstić information content (AvgIpc) is 2.74. The lowest BCUT2D eigenvalue weighted by Crippen LogP contribution is -2.20. The third kappa shape index (κ3) is 5.48. The third-order valence-electron chi connectivity index (χ3n) is 4.33. The lowest BCUT2D eigenvalue weighted by Gasteiger charge is -2.16. The van der Waals surface area contributed by atoms with E-state index in [9.17, 15) is 21.6 Å². The molecule has 0 unspecified atom stereocenters. The number of halogens is 3. The molecule has 1 heterocycles. The fraction of sp³-hybridized carbons (Fsp3) is 0.263. The van der Waals surface area contributed by atoms with Crippen molar-refractivity contribution < 1.29 is 35.8 Å². The summed E-state index contributed by atoms with van der Waals surface area (Å²) < 4.78 is 76.7. The number of sulfonamides is 1. The first-order valence-corrected chi connectivity index (χ1v) is 10.5. The van der Waals surface area contributed by atoms with Crippen molar-refractivity contribution in [3.63, 3.8) is 0 Å². The maximum Gasteiger partial charge on any atom is 0.422 e. The summed E-state index contributed by atoms with van der Waals surface area (Å²) in [7, 11) is -1.15. The predicted molar refractivity (Wildman–Crippen MR) is 109 cm³/mol. The first kappa shape index (κ1) is 23.3. The fourth-order valence-corrected chi connectivity index (χ4v) is 3.46. The first-order valence-electron chi connectivity index (χ1n) is 8.97. The van der Waals surface area contributed by atoms with Gasteiger partial charge in [0.05, 0.1) is 30.0 Å². The number of methoxy groups -OCH3 is 2. The van der Waals surface area contributed by atoms with E-state index in [4.69, 9.17) is 19.3 Å². The molecule has 3 rings (SSSR count). The van der Waals surface area contributed by atoms with Crippen molar-refractivity contribution in [3.8, 4) is 17.2 Å². The van der Waals surface area contributed by atoms with Crippen LogP contribution in [-0.4, -0.2) is 45.4 Å². The zero-order valence-corrected chi connectivity index (χ0v) is 17.7. The van der Waals surface area contributed by atoms with Gasteiger partial charge < -0.3 is 19.5 Å². The Bertz CT molecular complexity index is 1240. The van der Waals surface area contributed by atoms with E-state index in [1.807, 2.05) is 0 Å². The number of ether oxygens (including phenoxy) is 3. The predicted octanol–water partition coefficient (Wildman–Crippen LogP) is 2.85. The van der Waals surface area contributed by atoms with Crippen LogP contribution in [0.25, 0.3) is 10.9 Å². The van der Waals surface area contributed by atoms with Gasteiger partial charge in [0.25, 0.3) is 0 Å². The van der Waals surface area contributed by atoms with Crippen LogP contribution >= 0.6 is 0 Å². The summed E-state index contributed by atoms with van der Waals surface area (Å²) in [5.74, 6) is 1.04. The highest BCUT2D eigenvalue weighted by Gasteiger charge is 2.29. The Morgan fingerprint density at radius 1 is 1.06 bits per heavy atom. The summed E-state index contributed by atoms with van der Waals surface area (Å²) in [4.78, 5) is 8.07. The molecule has 0 saturated carbocycles. The monoisotopic (exact) mass is 472 g/mol. The maximum atomic E-state index is 12.6. The SMILES string of the molecule is COc1cc(OC)c2c(NCc3cc(S(N)(=O)=O)ccc3OCC(F)(F)F)ncnc2c1. The van der Waals surface area contributed by atoms with E-state index in [2.05, 4.69) is 15.3 Å². The molecule has 9 nitrogen and oxygen atoms in total. The van der Waals surface area contributed by atoms with Gasteiger partial charge in [0.2, 0.25) is 10.0 Å². The molecule has 3 N–H and O–H groups in total. The number of nitrogens with two attached hydrogens (primary N) is 1. The Labute approximate surface area is 181 Å². The van der Waals surface area contributed by atoms with E-state index in [1.54, 1.807) is 12.1 Å². The van der Waals surface area contributed by atoms with E-state index in [0.717, 1.165) is 18.2 Å². The van der Waals surface area contributed by atoms with Gasteiger partial charge in [-0.25, -0.2) is 23.5 Å². The number of primary sulfonamides is 1. The van der Waals surface area contributed by atoms with Gasteiger partial charge in [-0.15, -0.1) is 0 Å². The highest BCUT2D eigenvalue weighted by Crippen LogP contribution is 2.34. The Morgan fingerprint density at radius 3 is 2.44 bits per heavy atom. The molecule has 32 heavy (non-hydrogen) atoms. The lowest BCUT2D eigenvalue weighted by atomic mass is 10.1. The van der Waals surface area contributed by atoms with E-state index >= 15 is 0 Å². The summed E-state index contributed by atoms with van der Waals surface area (Å²) >= 11 is 0. The third-order valence-corrected chi connectivity index (χ3v) is 5.24. The van der Waals surface area contributed by atoms with Gasteiger partial charge >= 0.3 is 6.18 Å². The van der Waals surface area contributed by atoms with E-state index in [0.29, 0.717) is 28.2 Å². The van der Waals surface area contributed by atoms with Crippen molar-refractivity contribution in [1.29, 1.82) is 0 Å². The van der Waals surface area contributed by atoms with Crippen LogP contribution in [0.1, 0.15) is 5.56 Å². The van der Waals surface area contributed by atoms with Gasteiger partial charge in [0, 0.05) is 24.2 Å². The minimum atomic E-state index is -4.57. The lowest BCUT2D eigenvalue weighted by molar-refractivity contribution is -0.153. The van der Waals surface area contributed by atoms with Crippen LogP contribution in [0.15, 0.2) is 41.6 Å². The minimum absolute atomic E-state index is 0.125. The molecular weight excluding hydrogens is 453 g/mol. The molecule has 0 aliphatic heterocycles. The molecule has 13 heteroatoms. The summed E-state index contributed by atoms with van der Waals surface area (Å²) in [5.41, 5.74) is 0.616. The molecule has 3 aromatic rings. The fourth-order valence-electron chi connectivity index (χ4n) is 2.89. The van der Waals surface area contributed by atoms with Crippen molar-refractivity contribution in [2.75, 3.05) is 26.1 Å². The molecule has 0 radical (unpaired) electrons. The van der Waals surface area contributed by atoms with Gasteiger partial charge in [-0.05, 0) is 18.2 Å². The second kappa shape index (κ2) is 9.04. The molecule has 172 valence electrons. The molecule has 0 aliphatic rings. The molecule has 2 aromatic carbocycles. The number of anilines is 1. The normalized spacial score (nSPS) is 11.9. The topological polar surface area (TPSA) is 126 Å². The number of fused-ring (bicyclic) bond motifs is 1. The van der Waals surface area contributed by atoms with E-state index in [-0.39, 0.29) is 22.8 Å². The minimum Gasteiger partial charge on any atom is -0.497 e. The van der Waals surface area contributed by atoms with Crippen molar-refractivity contribution in [3.05, 3.63) is 42.2 Å². The van der Waals surface area contributed by atoms with Crippen LogP contribution in [0.2, 0.25) is 0 Å². The zero-order valence-electron chi connectivity index (χ0n) is 16.9. The molecule has 0 aliphatic carbocycles. The van der Waals surface area contributed by atoms with Crippen LogP contribution in [-0.2, 0) is 16.6 Å². The van der Waals surface area contributed by atoms with Crippen molar-refractivity contribution in [2.45, 2.75) is 17.6 Å². The molecule has 0 saturated heterocycles. The number of hydrogen-bond donors (Lipinski definition) is 2. The quantitative estimate of drug-likeness (QED) is 0.513. The first-order chi connectivity index (χ1) is 15.0. The molecule has 0 atom stereocenters.